The fourth-order valence-corrected chi connectivity index (χ4v) is 5.32. The number of para-hydroxylation sites is 1. The average molecular weight is 552 g/mol. The van der Waals surface area contributed by atoms with E-state index in [1.54, 1.807) is 44.2 Å². The third kappa shape index (κ3) is 5.73. The van der Waals surface area contributed by atoms with E-state index in [9.17, 15) is 14.4 Å². The molecule has 0 unspecified atom stereocenters. The van der Waals surface area contributed by atoms with Gasteiger partial charge in [0.1, 0.15) is 11.8 Å². The molecule has 11 heteroatoms. The Kier molecular flexibility index (Phi) is 8.50. The van der Waals surface area contributed by atoms with Crippen molar-refractivity contribution < 1.29 is 28.5 Å². The van der Waals surface area contributed by atoms with E-state index in [4.69, 9.17) is 24.7 Å². The maximum Gasteiger partial charge on any atom is 0.338 e. The summed E-state index contributed by atoms with van der Waals surface area (Å²) in [6.07, 6.45) is 1.71. The summed E-state index contributed by atoms with van der Waals surface area (Å²) < 4.78 is 23.9. The molecule has 1 atom stereocenters. The SMILES string of the molecule is CCOC(=O)C1=C(C)N=c2s/c(=C\c3ccc(OCC(N)=O)c(OC)c3)c(=O)n2[C@@H]1c1ccccc1OCC. The van der Waals surface area contributed by atoms with Gasteiger partial charge in [-0.25, -0.2) is 9.79 Å². The summed E-state index contributed by atoms with van der Waals surface area (Å²) >= 11 is 1.20. The third-order valence-electron chi connectivity index (χ3n) is 5.89. The largest absolute Gasteiger partial charge is 0.494 e. The number of primary amides is 1. The van der Waals surface area contributed by atoms with Crippen LogP contribution in [0.5, 0.6) is 17.2 Å². The Morgan fingerprint density at radius 3 is 2.54 bits per heavy atom. The number of nitrogens with two attached hydrogens (primary N) is 1. The number of allylic oxidation sites excluding steroid dienone is 1. The quantitative estimate of drug-likeness (QED) is 0.382. The van der Waals surface area contributed by atoms with Gasteiger partial charge in [-0.3, -0.25) is 14.2 Å². The van der Waals surface area contributed by atoms with Crippen molar-refractivity contribution in [2.45, 2.75) is 26.8 Å². The smallest absolute Gasteiger partial charge is 0.338 e. The van der Waals surface area contributed by atoms with Crippen LogP contribution in [-0.4, -0.2) is 43.4 Å². The number of esters is 1. The number of carbonyl (C=O) groups excluding carboxylic acids is 2. The zero-order valence-corrected chi connectivity index (χ0v) is 22.9. The Bertz CT molecular complexity index is 1620. The molecule has 1 aliphatic rings. The highest BCUT2D eigenvalue weighted by Gasteiger charge is 2.35. The molecule has 10 nitrogen and oxygen atoms in total. The molecule has 0 spiro atoms. The predicted molar refractivity (Wildman–Crippen MR) is 146 cm³/mol. The van der Waals surface area contributed by atoms with Crippen LogP contribution in [0.1, 0.15) is 37.9 Å². The van der Waals surface area contributed by atoms with Crippen LogP contribution in [0.2, 0.25) is 0 Å². The number of hydrogen-bond donors (Lipinski definition) is 1. The van der Waals surface area contributed by atoms with Crippen molar-refractivity contribution in [1.82, 2.24) is 4.57 Å². The monoisotopic (exact) mass is 551 g/mol. The molecule has 2 aromatic carbocycles. The van der Waals surface area contributed by atoms with Gasteiger partial charge in [0.05, 0.1) is 36.1 Å². The van der Waals surface area contributed by atoms with Crippen molar-refractivity contribution in [2.24, 2.45) is 10.7 Å². The lowest BCUT2D eigenvalue weighted by Gasteiger charge is -2.26. The van der Waals surface area contributed by atoms with Gasteiger partial charge in [-0.2, -0.15) is 0 Å². The van der Waals surface area contributed by atoms with Crippen LogP contribution in [0.3, 0.4) is 0 Å². The highest BCUT2D eigenvalue weighted by molar-refractivity contribution is 7.07. The van der Waals surface area contributed by atoms with E-state index in [2.05, 4.69) is 4.99 Å². The van der Waals surface area contributed by atoms with Crippen molar-refractivity contribution in [3.05, 3.63) is 84.5 Å². The maximum absolute atomic E-state index is 13.9. The first-order valence-corrected chi connectivity index (χ1v) is 13.1. The van der Waals surface area contributed by atoms with Crippen molar-refractivity contribution >= 4 is 29.3 Å². The normalized spacial score (nSPS) is 14.9. The number of rotatable bonds is 10. The molecule has 1 aliphatic heterocycles. The molecule has 0 radical (unpaired) electrons. The van der Waals surface area contributed by atoms with Crippen molar-refractivity contribution in [3.8, 4) is 17.2 Å². The molecule has 204 valence electrons. The molecule has 4 rings (SSSR count). The Morgan fingerprint density at radius 1 is 1.08 bits per heavy atom. The molecule has 0 saturated carbocycles. The molecule has 0 fully saturated rings. The van der Waals surface area contributed by atoms with E-state index < -0.39 is 17.9 Å². The number of methoxy groups -OCH3 is 1. The zero-order valence-electron chi connectivity index (χ0n) is 22.1. The van der Waals surface area contributed by atoms with Crippen LogP contribution < -0.4 is 34.8 Å². The van der Waals surface area contributed by atoms with Crippen LogP contribution in [0.25, 0.3) is 6.08 Å². The molecule has 1 amide bonds. The van der Waals surface area contributed by atoms with Gasteiger partial charge in [0.15, 0.2) is 22.9 Å². The minimum absolute atomic E-state index is 0.181. The summed E-state index contributed by atoms with van der Waals surface area (Å²) in [7, 11) is 1.47. The highest BCUT2D eigenvalue weighted by Crippen LogP contribution is 2.36. The maximum atomic E-state index is 13.9. The van der Waals surface area contributed by atoms with Crippen LogP contribution in [0.15, 0.2) is 63.5 Å². The Labute approximate surface area is 228 Å². The lowest BCUT2D eigenvalue weighted by Crippen LogP contribution is -2.40. The number of aromatic nitrogens is 1. The number of fused-ring (bicyclic) bond motifs is 1. The lowest BCUT2D eigenvalue weighted by atomic mass is 9.95. The second-order valence-electron chi connectivity index (χ2n) is 8.44. The first-order valence-electron chi connectivity index (χ1n) is 12.3. The van der Waals surface area contributed by atoms with Crippen LogP contribution >= 0.6 is 11.3 Å². The lowest BCUT2D eigenvalue weighted by molar-refractivity contribution is -0.139. The number of benzene rings is 2. The van der Waals surface area contributed by atoms with Gasteiger partial charge in [-0.15, -0.1) is 0 Å². The Hall–Kier alpha value is -4.38. The van der Waals surface area contributed by atoms with Gasteiger partial charge in [-0.1, -0.05) is 35.6 Å². The first kappa shape index (κ1) is 27.6. The van der Waals surface area contributed by atoms with Crippen molar-refractivity contribution in [3.63, 3.8) is 0 Å². The number of nitrogens with zero attached hydrogens (tertiary/aromatic N) is 2. The molecule has 3 aromatic rings. The van der Waals surface area contributed by atoms with Gasteiger partial charge in [0.25, 0.3) is 11.5 Å². The van der Waals surface area contributed by atoms with Gasteiger partial charge < -0.3 is 24.7 Å². The van der Waals surface area contributed by atoms with Gasteiger partial charge in [-0.05, 0) is 50.6 Å². The molecular formula is C28H29N3O7S. The summed E-state index contributed by atoms with van der Waals surface area (Å²) in [5, 5.41) is 0. The Balaban J connectivity index is 1.88. The number of ether oxygens (including phenoxy) is 4. The standard InChI is InChI=1S/C28H29N3O7S/c1-5-36-19-10-8-7-9-18(19)25-24(27(34)37-6-2)16(3)30-28-31(25)26(33)22(39-28)14-17-11-12-20(21(13-17)35-4)38-15-23(29)32/h7-14,25H,5-6,15H2,1-4H3,(H2,29,32)/b22-14-/t25-/m1/s1. The van der Waals surface area contributed by atoms with Crippen LogP contribution in [0, 0.1) is 0 Å². The van der Waals surface area contributed by atoms with Crippen molar-refractivity contribution in [2.75, 3.05) is 26.9 Å². The second-order valence-corrected chi connectivity index (χ2v) is 9.45. The summed E-state index contributed by atoms with van der Waals surface area (Å²) in [6.45, 7) is 5.63. The summed E-state index contributed by atoms with van der Waals surface area (Å²) in [5.41, 5.74) is 6.91. The minimum atomic E-state index is -0.788. The molecule has 0 saturated heterocycles. The molecule has 2 heterocycles. The molecule has 0 aliphatic carbocycles. The fraction of sp³-hybridized carbons (Fsp3) is 0.286. The van der Waals surface area contributed by atoms with E-state index >= 15 is 0 Å². The third-order valence-corrected chi connectivity index (χ3v) is 6.87. The summed E-state index contributed by atoms with van der Waals surface area (Å²) in [4.78, 5) is 43.1. The molecule has 0 bridgehead atoms. The Morgan fingerprint density at radius 2 is 1.85 bits per heavy atom. The summed E-state index contributed by atoms with van der Waals surface area (Å²) in [6, 6.07) is 11.6. The highest BCUT2D eigenvalue weighted by atomic mass is 32.1. The minimum Gasteiger partial charge on any atom is -0.494 e. The molecular weight excluding hydrogens is 522 g/mol. The van der Waals surface area contributed by atoms with E-state index in [1.807, 2.05) is 25.1 Å². The van der Waals surface area contributed by atoms with Gasteiger partial charge in [0, 0.05) is 5.56 Å². The van der Waals surface area contributed by atoms with Crippen molar-refractivity contribution in [1.29, 1.82) is 0 Å². The number of hydrogen-bond acceptors (Lipinski definition) is 9. The second kappa shape index (κ2) is 12.0. The molecule has 1 aromatic heterocycles. The van der Waals surface area contributed by atoms with Crippen LogP contribution in [0.4, 0.5) is 0 Å². The number of thiazole rings is 1. The molecule has 39 heavy (non-hydrogen) atoms. The number of amides is 1. The van der Waals surface area contributed by atoms with E-state index in [1.165, 1.54) is 23.0 Å². The average Bonchev–Trinajstić information content (AvgIpc) is 3.21. The molecule has 2 N–H and O–H groups in total. The van der Waals surface area contributed by atoms with E-state index in [-0.39, 0.29) is 24.3 Å². The van der Waals surface area contributed by atoms with Gasteiger partial charge in [0.2, 0.25) is 0 Å². The zero-order chi connectivity index (χ0) is 28.1. The van der Waals surface area contributed by atoms with Crippen LogP contribution in [-0.2, 0) is 14.3 Å². The predicted octanol–water partition coefficient (Wildman–Crippen LogP) is 2.07. The fourth-order valence-electron chi connectivity index (χ4n) is 4.27. The van der Waals surface area contributed by atoms with E-state index in [0.717, 1.165) is 0 Å². The number of carbonyl (C=O) groups is 2. The topological polar surface area (TPSA) is 131 Å². The first-order chi connectivity index (χ1) is 18.8. The van der Waals surface area contributed by atoms with Gasteiger partial charge >= 0.3 is 5.97 Å². The van der Waals surface area contributed by atoms with E-state index in [0.29, 0.717) is 50.0 Å². The summed E-state index contributed by atoms with van der Waals surface area (Å²) in [5.74, 6) is 0.132.